The summed E-state index contributed by atoms with van der Waals surface area (Å²) in [6.07, 6.45) is 8.15. The van der Waals surface area contributed by atoms with E-state index in [1.165, 1.54) is 22.9 Å². The number of carbonyl (C=O) groups is 2. The molecule has 1 aromatic carbocycles. The summed E-state index contributed by atoms with van der Waals surface area (Å²) < 4.78 is 3.11. The fraction of sp³-hybridized carbons (Fsp3) is 0.304. The molecule has 1 N–H and O–H groups in total. The highest BCUT2D eigenvalue weighted by atomic mass is 16.2. The van der Waals surface area contributed by atoms with E-state index in [-0.39, 0.29) is 23.9 Å². The highest BCUT2D eigenvalue weighted by Crippen LogP contribution is 2.14. The summed E-state index contributed by atoms with van der Waals surface area (Å²) in [5.41, 5.74) is 1.67. The summed E-state index contributed by atoms with van der Waals surface area (Å²) >= 11 is 0. The standard InChI is InChI=1S/C23H25N5O3/c29-21-9-8-19(16-27(21)17-22(30)26-11-2-1-3-12-26)23(31)25-20-7-4-6-18(14-20)15-28-13-5-10-24-28/h4-10,13-14,16H,1-3,11-12,15,17H2,(H,25,31). The van der Waals surface area contributed by atoms with Gasteiger partial charge in [-0.2, -0.15) is 5.10 Å². The molecule has 0 bridgehead atoms. The zero-order chi connectivity index (χ0) is 21.6. The molecule has 160 valence electrons. The molecule has 3 heterocycles. The number of benzene rings is 1. The van der Waals surface area contributed by atoms with Crippen LogP contribution in [0.2, 0.25) is 0 Å². The summed E-state index contributed by atoms with van der Waals surface area (Å²) in [5, 5.41) is 7.05. The number of hydrogen-bond donors (Lipinski definition) is 1. The Morgan fingerprint density at radius 1 is 1.03 bits per heavy atom. The molecule has 0 aliphatic carbocycles. The van der Waals surface area contributed by atoms with Crippen LogP contribution >= 0.6 is 0 Å². The zero-order valence-corrected chi connectivity index (χ0v) is 17.2. The molecule has 0 saturated carbocycles. The van der Waals surface area contributed by atoms with Crippen molar-refractivity contribution in [2.24, 2.45) is 0 Å². The molecule has 0 radical (unpaired) electrons. The van der Waals surface area contributed by atoms with Crippen molar-refractivity contribution in [3.8, 4) is 0 Å². The molecular weight excluding hydrogens is 394 g/mol. The lowest BCUT2D eigenvalue weighted by molar-refractivity contribution is -0.132. The van der Waals surface area contributed by atoms with Crippen LogP contribution in [0.25, 0.3) is 0 Å². The molecule has 2 amide bonds. The van der Waals surface area contributed by atoms with Crippen molar-refractivity contribution in [1.82, 2.24) is 19.2 Å². The van der Waals surface area contributed by atoms with Crippen LogP contribution in [-0.4, -0.2) is 44.2 Å². The number of nitrogens with one attached hydrogen (secondary N) is 1. The van der Waals surface area contributed by atoms with Crippen molar-refractivity contribution in [2.75, 3.05) is 18.4 Å². The number of carbonyl (C=O) groups excluding carboxylic acids is 2. The van der Waals surface area contributed by atoms with Crippen LogP contribution in [0.3, 0.4) is 0 Å². The van der Waals surface area contributed by atoms with Gasteiger partial charge in [0.05, 0.1) is 12.1 Å². The molecule has 2 aromatic heterocycles. The first-order valence-corrected chi connectivity index (χ1v) is 10.4. The van der Waals surface area contributed by atoms with Crippen molar-refractivity contribution < 1.29 is 9.59 Å². The fourth-order valence-corrected chi connectivity index (χ4v) is 3.71. The minimum atomic E-state index is -0.338. The number of anilines is 1. The third kappa shape index (κ3) is 5.28. The average Bonchev–Trinajstić information content (AvgIpc) is 3.29. The van der Waals surface area contributed by atoms with E-state index in [1.807, 2.05) is 30.5 Å². The van der Waals surface area contributed by atoms with Gasteiger partial charge < -0.3 is 14.8 Å². The maximum atomic E-state index is 12.8. The second-order valence-electron chi connectivity index (χ2n) is 7.68. The van der Waals surface area contributed by atoms with Crippen LogP contribution in [0.15, 0.2) is 65.8 Å². The highest BCUT2D eigenvalue weighted by molar-refractivity contribution is 6.04. The van der Waals surface area contributed by atoms with Crippen LogP contribution in [-0.2, 0) is 17.9 Å². The third-order valence-electron chi connectivity index (χ3n) is 5.35. The zero-order valence-electron chi connectivity index (χ0n) is 17.2. The second kappa shape index (κ2) is 9.42. The Kier molecular flexibility index (Phi) is 6.26. The first-order valence-electron chi connectivity index (χ1n) is 10.4. The van der Waals surface area contributed by atoms with E-state index in [0.29, 0.717) is 17.8 Å². The van der Waals surface area contributed by atoms with E-state index in [4.69, 9.17) is 0 Å². The molecule has 4 rings (SSSR count). The van der Waals surface area contributed by atoms with Crippen molar-refractivity contribution in [3.05, 3.63) is 82.5 Å². The van der Waals surface area contributed by atoms with Gasteiger partial charge in [-0.3, -0.25) is 19.1 Å². The summed E-state index contributed by atoms with van der Waals surface area (Å²) in [6, 6.07) is 12.2. The maximum Gasteiger partial charge on any atom is 0.257 e. The van der Waals surface area contributed by atoms with E-state index < -0.39 is 0 Å². The topological polar surface area (TPSA) is 89.2 Å². The van der Waals surface area contributed by atoms with E-state index in [1.54, 1.807) is 21.8 Å². The van der Waals surface area contributed by atoms with Crippen molar-refractivity contribution in [3.63, 3.8) is 0 Å². The van der Waals surface area contributed by atoms with Crippen LogP contribution < -0.4 is 10.9 Å². The van der Waals surface area contributed by atoms with E-state index >= 15 is 0 Å². The molecule has 3 aromatic rings. The average molecular weight is 419 g/mol. The quantitative estimate of drug-likeness (QED) is 0.664. The lowest BCUT2D eigenvalue weighted by atomic mass is 10.1. The molecule has 1 fully saturated rings. The molecule has 0 atom stereocenters. The monoisotopic (exact) mass is 419 g/mol. The Morgan fingerprint density at radius 3 is 2.65 bits per heavy atom. The molecule has 0 unspecified atom stereocenters. The van der Waals surface area contributed by atoms with Crippen LogP contribution in [0, 0.1) is 0 Å². The number of amides is 2. The van der Waals surface area contributed by atoms with Gasteiger partial charge in [0.1, 0.15) is 6.54 Å². The number of piperidine rings is 1. The number of pyridine rings is 1. The van der Waals surface area contributed by atoms with Gasteiger partial charge in [0.25, 0.3) is 11.5 Å². The predicted molar refractivity (Wildman–Crippen MR) is 117 cm³/mol. The number of nitrogens with zero attached hydrogens (tertiary/aromatic N) is 4. The van der Waals surface area contributed by atoms with Crippen LogP contribution in [0.5, 0.6) is 0 Å². The fourth-order valence-electron chi connectivity index (χ4n) is 3.71. The van der Waals surface area contributed by atoms with E-state index in [9.17, 15) is 14.4 Å². The third-order valence-corrected chi connectivity index (χ3v) is 5.35. The lowest BCUT2D eigenvalue weighted by Gasteiger charge is -2.27. The SMILES string of the molecule is O=C(Nc1cccc(Cn2cccn2)c1)c1ccc(=O)n(CC(=O)N2CCCCC2)c1. The largest absolute Gasteiger partial charge is 0.341 e. The van der Waals surface area contributed by atoms with Gasteiger partial charge in [-0.1, -0.05) is 12.1 Å². The van der Waals surface area contributed by atoms with Gasteiger partial charge in [0.2, 0.25) is 5.91 Å². The Labute approximate surface area is 180 Å². The molecule has 1 aliphatic rings. The highest BCUT2D eigenvalue weighted by Gasteiger charge is 2.18. The van der Waals surface area contributed by atoms with Gasteiger partial charge in [-0.25, -0.2) is 0 Å². The first-order chi connectivity index (χ1) is 15.1. The molecule has 1 saturated heterocycles. The number of rotatable bonds is 6. The van der Waals surface area contributed by atoms with Crippen molar-refractivity contribution in [2.45, 2.75) is 32.4 Å². The molecule has 8 heteroatoms. The normalized spacial score (nSPS) is 13.7. The number of hydrogen-bond acceptors (Lipinski definition) is 4. The molecule has 8 nitrogen and oxygen atoms in total. The molecule has 1 aliphatic heterocycles. The Morgan fingerprint density at radius 2 is 1.87 bits per heavy atom. The Hall–Kier alpha value is -3.68. The summed E-state index contributed by atoms with van der Waals surface area (Å²) in [6.45, 7) is 1.99. The van der Waals surface area contributed by atoms with Gasteiger partial charge >= 0.3 is 0 Å². The van der Waals surface area contributed by atoms with E-state index in [2.05, 4.69) is 10.4 Å². The summed E-state index contributed by atoms with van der Waals surface area (Å²) in [7, 11) is 0. The smallest absolute Gasteiger partial charge is 0.257 e. The Balaban J connectivity index is 1.44. The number of likely N-dealkylation sites (tertiary alicyclic amines) is 1. The Bertz CT molecular complexity index is 1110. The molecule has 31 heavy (non-hydrogen) atoms. The molecular formula is C23H25N5O3. The van der Waals surface area contributed by atoms with Crippen molar-refractivity contribution in [1.29, 1.82) is 0 Å². The number of aromatic nitrogens is 3. The van der Waals surface area contributed by atoms with Gasteiger partial charge in [-0.05, 0) is 49.1 Å². The van der Waals surface area contributed by atoms with Gasteiger partial charge in [0.15, 0.2) is 0 Å². The predicted octanol–water partition coefficient (Wildman–Crippen LogP) is 2.36. The maximum absolute atomic E-state index is 12.8. The van der Waals surface area contributed by atoms with Gasteiger partial charge in [0, 0.05) is 43.4 Å². The second-order valence-corrected chi connectivity index (χ2v) is 7.68. The molecule has 0 spiro atoms. The van der Waals surface area contributed by atoms with Gasteiger partial charge in [-0.15, -0.1) is 0 Å². The summed E-state index contributed by atoms with van der Waals surface area (Å²) in [5.74, 6) is -0.430. The first kappa shape index (κ1) is 20.6. The van der Waals surface area contributed by atoms with Crippen LogP contribution in [0.4, 0.5) is 5.69 Å². The minimum Gasteiger partial charge on any atom is -0.341 e. The lowest BCUT2D eigenvalue weighted by Crippen LogP contribution is -2.39. The van der Waals surface area contributed by atoms with E-state index in [0.717, 1.165) is 37.9 Å². The van der Waals surface area contributed by atoms with Crippen LogP contribution in [0.1, 0.15) is 35.2 Å². The minimum absolute atomic E-state index is 0.0562. The summed E-state index contributed by atoms with van der Waals surface area (Å²) in [4.78, 5) is 39.3. The van der Waals surface area contributed by atoms with Crippen molar-refractivity contribution >= 4 is 17.5 Å².